The fourth-order valence-corrected chi connectivity index (χ4v) is 1.83. The van der Waals surface area contributed by atoms with Crippen LogP contribution in [0.1, 0.15) is 16.1 Å². The Kier molecular flexibility index (Phi) is 4.33. The molecule has 3 N–H and O–H groups in total. The SMILES string of the molecule is Cc1nc(NC(=O)c2cccc(NO)c2)ccc1I. The summed E-state index contributed by atoms with van der Waals surface area (Å²) in [5, 5.41) is 11.5. The fourth-order valence-electron chi connectivity index (χ4n) is 1.53. The molecule has 2 aromatic rings. The molecule has 0 fully saturated rings. The fraction of sp³-hybridized carbons (Fsp3) is 0.0769. The van der Waals surface area contributed by atoms with E-state index in [2.05, 4.69) is 32.9 Å². The van der Waals surface area contributed by atoms with Crippen molar-refractivity contribution in [3.63, 3.8) is 0 Å². The summed E-state index contributed by atoms with van der Waals surface area (Å²) < 4.78 is 1.04. The lowest BCUT2D eigenvalue weighted by Gasteiger charge is -2.07. The van der Waals surface area contributed by atoms with E-state index in [4.69, 9.17) is 5.21 Å². The lowest BCUT2D eigenvalue weighted by atomic mass is 10.2. The number of benzene rings is 1. The number of hydrogen-bond acceptors (Lipinski definition) is 4. The molecule has 0 aliphatic rings. The van der Waals surface area contributed by atoms with E-state index in [9.17, 15) is 4.79 Å². The lowest BCUT2D eigenvalue weighted by molar-refractivity contribution is 0.102. The molecule has 0 aliphatic heterocycles. The molecule has 0 bridgehead atoms. The third kappa shape index (κ3) is 3.42. The van der Waals surface area contributed by atoms with Crippen LogP contribution in [0, 0.1) is 10.5 Å². The zero-order valence-electron chi connectivity index (χ0n) is 10.1. The van der Waals surface area contributed by atoms with E-state index in [-0.39, 0.29) is 5.91 Å². The van der Waals surface area contributed by atoms with Crippen molar-refractivity contribution < 1.29 is 10.0 Å². The van der Waals surface area contributed by atoms with Crippen LogP contribution in [0.3, 0.4) is 0 Å². The first-order valence-electron chi connectivity index (χ1n) is 5.55. The number of halogens is 1. The van der Waals surface area contributed by atoms with E-state index < -0.39 is 0 Å². The van der Waals surface area contributed by atoms with Crippen LogP contribution in [0.25, 0.3) is 0 Å². The van der Waals surface area contributed by atoms with E-state index in [0.717, 1.165) is 9.26 Å². The van der Waals surface area contributed by atoms with Gasteiger partial charge in [0, 0.05) is 9.13 Å². The van der Waals surface area contributed by atoms with Crippen molar-refractivity contribution >= 4 is 40.0 Å². The molecule has 6 heteroatoms. The molecule has 0 unspecified atom stereocenters. The Morgan fingerprint density at radius 1 is 1.32 bits per heavy atom. The second-order valence-electron chi connectivity index (χ2n) is 3.91. The molecular formula is C13H12IN3O2. The summed E-state index contributed by atoms with van der Waals surface area (Å²) in [7, 11) is 0. The molecule has 98 valence electrons. The molecule has 1 aromatic carbocycles. The minimum Gasteiger partial charge on any atom is -0.307 e. The van der Waals surface area contributed by atoms with Crippen LogP contribution < -0.4 is 10.8 Å². The third-order valence-corrected chi connectivity index (χ3v) is 3.66. The number of nitrogens with zero attached hydrogens (tertiary/aromatic N) is 1. The average Bonchev–Trinajstić information content (AvgIpc) is 2.43. The van der Waals surface area contributed by atoms with Crippen molar-refractivity contribution in [3.05, 3.63) is 51.2 Å². The maximum Gasteiger partial charge on any atom is 0.256 e. The van der Waals surface area contributed by atoms with E-state index in [1.165, 1.54) is 0 Å². The van der Waals surface area contributed by atoms with Gasteiger partial charge in [0.05, 0.1) is 11.4 Å². The van der Waals surface area contributed by atoms with Gasteiger partial charge in [-0.15, -0.1) is 0 Å². The molecule has 1 amide bonds. The van der Waals surface area contributed by atoms with Crippen LogP contribution in [0.5, 0.6) is 0 Å². The summed E-state index contributed by atoms with van der Waals surface area (Å²) in [5.74, 6) is 0.232. The van der Waals surface area contributed by atoms with Crippen molar-refractivity contribution in [2.75, 3.05) is 10.8 Å². The standard InChI is InChI=1S/C13H12IN3O2/c1-8-11(14)5-6-12(15-8)16-13(18)9-3-2-4-10(7-9)17-19/h2-7,17,19H,1H3,(H,15,16,18). The summed E-state index contributed by atoms with van der Waals surface area (Å²) in [6.45, 7) is 1.88. The number of aryl methyl sites for hydroxylation is 1. The van der Waals surface area contributed by atoms with Gasteiger partial charge in [0.15, 0.2) is 0 Å². The van der Waals surface area contributed by atoms with Gasteiger partial charge in [-0.05, 0) is 59.8 Å². The van der Waals surface area contributed by atoms with Gasteiger partial charge in [0.2, 0.25) is 0 Å². The van der Waals surface area contributed by atoms with Crippen LogP contribution in [-0.2, 0) is 0 Å². The van der Waals surface area contributed by atoms with Crippen molar-refractivity contribution in [2.45, 2.75) is 6.92 Å². The number of carbonyl (C=O) groups excluding carboxylic acids is 1. The van der Waals surface area contributed by atoms with Gasteiger partial charge in [-0.3, -0.25) is 15.5 Å². The van der Waals surface area contributed by atoms with Crippen LogP contribution >= 0.6 is 22.6 Å². The van der Waals surface area contributed by atoms with Crippen molar-refractivity contribution in [1.82, 2.24) is 4.98 Å². The Morgan fingerprint density at radius 2 is 2.11 bits per heavy atom. The maximum atomic E-state index is 12.0. The second kappa shape index (κ2) is 5.98. The smallest absolute Gasteiger partial charge is 0.256 e. The summed E-state index contributed by atoms with van der Waals surface area (Å²) in [4.78, 5) is 16.3. The Labute approximate surface area is 124 Å². The summed E-state index contributed by atoms with van der Waals surface area (Å²) in [6.07, 6.45) is 0. The minimum atomic E-state index is -0.273. The van der Waals surface area contributed by atoms with E-state index in [1.54, 1.807) is 30.3 Å². The highest BCUT2D eigenvalue weighted by Crippen LogP contribution is 2.15. The lowest BCUT2D eigenvalue weighted by Crippen LogP contribution is -2.13. The van der Waals surface area contributed by atoms with Crippen LogP contribution in [0.2, 0.25) is 0 Å². The second-order valence-corrected chi connectivity index (χ2v) is 5.07. The van der Waals surface area contributed by atoms with Gasteiger partial charge in [-0.2, -0.15) is 0 Å². The molecule has 1 heterocycles. The Balaban J connectivity index is 2.18. The highest BCUT2D eigenvalue weighted by Gasteiger charge is 2.08. The summed E-state index contributed by atoms with van der Waals surface area (Å²) in [5.41, 5.74) is 3.77. The topological polar surface area (TPSA) is 74.2 Å². The first-order chi connectivity index (χ1) is 9.10. The summed E-state index contributed by atoms with van der Waals surface area (Å²) in [6, 6.07) is 10.2. The number of rotatable bonds is 3. The monoisotopic (exact) mass is 369 g/mol. The number of anilines is 2. The molecule has 0 saturated heterocycles. The number of pyridine rings is 1. The Hall–Kier alpha value is -1.67. The number of carbonyl (C=O) groups is 1. The summed E-state index contributed by atoms with van der Waals surface area (Å²) >= 11 is 2.18. The third-order valence-electron chi connectivity index (χ3n) is 2.52. The predicted molar refractivity (Wildman–Crippen MR) is 81.5 cm³/mol. The largest absolute Gasteiger partial charge is 0.307 e. The molecule has 0 saturated carbocycles. The minimum absolute atomic E-state index is 0.273. The van der Waals surface area contributed by atoms with Crippen molar-refractivity contribution in [3.8, 4) is 0 Å². The highest BCUT2D eigenvalue weighted by atomic mass is 127. The molecule has 0 spiro atoms. The zero-order valence-corrected chi connectivity index (χ0v) is 12.3. The molecular weight excluding hydrogens is 357 g/mol. The number of aromatic nitrogens is 1. The first-order valence-corrected chi connectivity index (χ1v) is 6.62. The van der Waals surface area contributed by atoms with E-state index in [0.29, 0.717) is 17.1 Å². The van der Waals surface area contributed by atoms with Gasteiger partial charge in [0.25, 0.3) is 5.91 Å². The van der Waals surface area contributed by atoms with E-state index in [1.807, 2.05) is 18.5 Å². The van der Waals surface area contributed by atoms with Crippen LogP contribution in [0.4, 0.5) is 11.5 Å². The van der Waals surface area contributed by atoms with Gasteiger partial charge < -0.3 is 5.32 Å². The number of amides is 1. The normalized spacial score (nSPS) is 10.1. The van der Waals surface area contributed by atoms with E-state index >= 15 is 0 Å². The number of nitrogens with one attached hydrogen (secondary N) is 2. The van der Waals surface area contributed by atoms with Crippen molar-refractivity contribution in [2.24, 2.45) is 0 Å². The maximum absolute atomic E-state index is 12.0. The molecule has 0 radical (unpaired) electrons. The Morgan fingerprint density at radius 3 is 2.79 bits per heavy atom. The predicted octanol–water partition coefficient (Wildman–Crippen LogP) is 3.05. The molecule has 19 heavy (non-hydrogen) atoms. The molecule has 1 aromatic heterocycles. The number of hydrogen-bond donors (Lipinski definition) is 3. The highest BCUT2D eigenvalue weighted by molar-refractivity contribution is 14.1. The molecule has 5 nitrogen and oxygen atoms in total. The van der Waals surface area contributed by atoms with Gasteiger partial charge in [0.1, 0.15) is 5.82 Å². The first kappa shape index (κ1) is 13.8. The quantitative estimate of drug-likeness (QED) is 0.574. The Bertz CT molecular complexity index is 617. The molecule has 0 aliphatic carbocycles. The van der Waals surface area contributed by atoms with Crippen LogP contribution in [-0.4, -0.2) is 16.1 Å². The van der Waals surface area contributed by atoms with Crippen molar-refractivity contribution in [1.29, 1.82) is 0 Å². The van der Waals surface area contributed by atoms with Crippen LogP contribution in [0.15, 0.2) is 36.4 Å². The molecule has 0 atom stereocenters. The van der Waals surface area contributed by atoms with Gasteiger partial charge in [-0.1, -0.05) is 6.07 Å². The average molecular weight is 369 g/mol. The van der Waals surface area contributed by atoms with Gasteiger partial charge in [-0.25, -0.2) is 4.98 Å². The zero-order chi connectivity index (χ0) is 13.8. The van der Waals surface area contributed by atoms with Gasteiger partial charge >= 0.3 is 0 Å². The molecule has 2 rings (SSSR count).